The van der Waals surface area contributed by atoms with Gasteiger partial charge in [-0.3, -0.25) is 37.3 Å². The van der Waals surface area contributed by atoms with Crippen molar-refractivity contribution in [3.63, 3.8) is 0 Å². The fraction of sp³-hybridized carbons (Fsp3) is 0.947. The zero-order chi connectivity index (χ0) is 70.0. The highest BCUT2D eigenvalue weighted by atomic mass is 31.2. The fourth-order valence-corrected chi connectivity index (χ4v) is 13.2. The van der Waals surface area contributed by atoms with E-state index in [-0.39, 0.29) is 25.7 Å². The molecule has 0 radical (unpaired) electrons. The molecule has 19 heteroatoms. The van der Waals surface area contributed by atoms with Crippen molar-refractivity contribution in [3.8, 4) is 0 Å². The first-order chi connectivity index (χ1) is 45.9. The Morgan fingerprint density at radius 1 is 0.284 bits per heavy atom. The van der Waals surface area contributed by atoms with Crippen molar-refractivity contribution < 1.29 is 80.2 Å². The molecule has 0 aliphatic rings. The second-order valence-corrected chi connectivity index (χ2v) is 31.3. The quantitative estimate of drug-likeness (QED) is 0.0222. The Bertz CT molecular complexity index is 1840. The molecule has 0 amide bonds. The van der Waals surface area contributed by atoms with Crippen molar-refractivity contribution in [2.24, 2.45) is 11.8 Å². The first kappa shape index (κ1) is 93.1. The highest BCUT2D eigenvalue weighted by molar-refractivity contribution is 7.47. The number of hydrogen-bond donors (Lipinski definition) is 3. The van der Waals surface area contributed by atoms with Gasteiger partial charge in [0.1, 0.15) is 19.3 Å². The lowest BCUT2D eigenvalue weighted by atomic mass is 10.0. The lowest BCUT2D eigenvalue weighted by Crippen LogP contribution is -2.30. The van der Waals surface area contributed by atoms with Crippen molar-refractivity contribution in [2.45, 2.75) is 413 Å². The lowest BCUT2D eigenvalue weighted by Gasteiger charge is -2.21. The van der Waals surface area contributed by atoms with Crippen molar-refractivity contribution in [1.29, 1.82) is 0 Å². The van der Waals surface area contributed by atoms with Gasteiger partial charge >= 0.3 is 39.5 Å². The molecule has 3 N–H and O–H groups in total. The van der Waals surface area contributed by atoms with E-state index in [2.05, 4.69) is 41.5 Å². The summed E-state index contributed by atoms with van der Waals surface area (Å²) in [6, 6.07) is 0. The largest absolute Gasteiger partial charge is 0.472 e. The van der Waals surface area contributed by atoms with Gasteiger partial charge in [0.25, 0.3) is 0 Å². The van der Waals surface area contributed by atoms with Gasteiger partial charge in [-0.25, -0.2) is 9.13 Å². The van der Waals surface area contributed by atoms with Crippen LogP contribution in [0.2, 0.25) is 0 Å². The summed E-state index contributed by atoms with van der Waals surface area (Å²) in [6.45, 7) is 9.51. The summed E-state index contributed by atoms with van der Waals surface area (Å²) in [6.07, 6.45) is 55.8. The van der Waals surface area contributed by atoms with Crippen LogP contribution in [0.5, 0.6) is 0 Å². The molecular formula is C76H148O17P2. The van der Waals surface area contributed by atoms with E-state index in [4.69, 9.17) is 37.0 Å². The molecule has 0 aromatic heterocycles. The molecule has 0 heterocycles. The molecule has 0 bridgehead atoms. The summed E-state index contributed by atoms with van der Waals surface area (Å²) < 4.78 is 68.4. The number of carbonyl (C=O) groups excluding carboxylic acids is 4. The fourth-order valence-electron chi connectivity index (χ4n) is 11.7. The molecule has 0 aliphatic carbocycles. The number of esters is 4. The molecule has 95 heavy (non-hydrogen) atoms. The summed E-state index contributed by atoms with van der Waals surface area (Å²) >= 11 is 0. The van der Waals surface area contributed by atoms with Gasteiger partial charge in [-0.1, -0.05) is 343 Å². The highest BCUT2D eigenvalue weighted by Gasteiger charge is 2.30. The summed E-state index contributed by atoms with van der Waals surface area (Å²) in [5, 5.41) is 10.6. The van der Waals surface area contributed by atoms with Crippen molar-refractivity contribution in [3.05, 3.63) is 0 Å². The molecule has 0 aromatic rings. The van der Waals surface area contributed by atoms with E-state index in [0.29, 0.717) is 31.6 Å². The van der Waals surface area contributed by atoms with Gasteiger partial charge in [0.2, 0.25) is 0 Å². The molecule has 0 saturated heterocycles. The van der Waals surface area contributed by atoms with Gasteiger partial charge in [-0.2, -0.15) is 0 Å². The monoisotopic (exact) mass is 1400 g/mol. The number of phosphoric ester groups is 2. The van der Waals surface area contributed by atoms with Crippen molar-refractivity contribution in [1.82, 2.24) is 0 Å². The van der Waals surface area contributed by atoms with Crippen LogP contribution < -0.4 is 0 Å². The van der Waals surface area contributed by atoms with Gasteiger partial charge in [0.15, 0.2) is 12.2 Å². The zero-order valence-electron chi connectivity index (χ0n) is 62.0. The average molecular weight is 1400 g/mol. The first-order valence-electron chi connectivity index (χ1n) is 39.5. The normalized spacial score (nSPS) is 14.0. The molecule has 0 aliphatic heterocycles. The summed E-state index contributed by atoms with van der Waals surface area (Å²) in [7, 11) is -9.91. The highest BCUT2D eigenvalue weighted by Crippen LogP contribution is 2.45. The lowest BCUT2D eigenvalue weighted by molar-refractivity contribution is -0.161. The van der Waals surface area contributed by atoms with E-state index >= 15 is 0 Å². The van der Waals surface area contributed by atoms with Gasteiger partial charge in [-0.05, 0) is 37.5 Å². The second-order valence-electron chi connectivity index (χ2n) is 28.3. The van der Waals surface area contributed by atoms with E-state index in [1.54, 1.807) is 0 Å². The number of rotatable bonds is 75. The van der Waals surface area contributed by atoms with Crippen LogP contribution in [0, 0.1) is 11.8 Å². The minimum absolute atomic E-state index is 0.106. The number of unbranched alkanes of at least 4 members (excludes halogenated alkanes) is 45. The van der Waals surface area contributed by atoms with E-state index in [1.807, 2.05) is 0 Å². The molecule has 564 valence electrons. The maximum Gasteiger partial charge on any atom is 0.472 e. The summed E-state index contributed by atoms with van der Waals surface area (Å²) in [5.74, 6) is -0.670. The minimum Gasteiger partial charge on any atom is -0.462 e. The Kier molecular flexibility index (Phi) is 66.5. The average Bonchev–Trinajstić information content (AvgIpc) is 2.05. The third-order valence-corrected chi connectivity index (χ3v) is 19.6. The molecule has 0 spiro atoms. The molecule has 17 nitrogen and oxygen atoms in total. The number of ether oxygens (including phenoxy) is 4. The molecule has 0 aromatic carbocycles. The van der Waals surface area contributed by atoms with E-state index in [9.17, 15) is 43.2 Å². The minimum atomic E-state index is -4.96. The standard InChI is InChI=1S/C76H148O17P2/c1-7-9-11-13-15-17-19-20-21-22-23-24-25-26-27-28-29-31-35-42-49-55-61-76(81)92-71(64-86-73(78)58-52-46-40-36-32-33-38-44-50-56-68(3)4)66-90-94(82,83)88-62-70(77)63-89-95(84,85)91-67-72(65-87-74(79)59-53-47-43-37-39-45-51-57-69(5)6)93-75(80)60-54-48-41-34-30-18-16-14-12-10-8-2/h68-72,77H,7-67H2,1-6H3,(H,82,83)(H,84,85)/t70-,71-,72-/m1/s1. The molecule has 0 fully saturated rings. The Labute approximate surface area is 581 Å². The Morgan fingerprint density at radius 2 is 0.484 bits per heavy atom. The topological polar surface area (TPSA) is 237 Å². The number of phosphoric acid groups is 2. The zero-order valence-corrected chi connectivity index (χ0v) is 63.8. The van der Waals surface area contributed by atoms with Crippen LogP contribution >= 0.6 is 15.6 Å². The van der Waals surface area contributed by atoms with Gasteiger partial charge in [0.05, 0.1) is 26.4 Å². The predicted octanol–water partition coefficient (Wildman–Crippen LogP) is 22.3. The van der Waals surface area contributed by atoms with E-state index in [1.165, 1.54) is 205 Å². The number of aliphatic hydroxyl groups is 1. The third-order valence-electron chi connectivity index (χ3n) is 17.7. The Hall–Kier alpha value is -1.94. The van der Waals surface area contributed by atoms with Crippen LogP contribution in [-0.2, 0) is 65.4 Å². The van der Waals surface area contributed by atoms with E-state index < -0.39 is 97.5 Å². The smallest absolute Gasteiger partial charge is 0.462 e. The van der Waals surface area contributed by atoms with Crippen LogP contribution in [0.1, 0.15) is 395 Å². The molecule has 0 rings (SSSR count). The molecule has 2 unspecified atom stereocenters. The first-order valence-corrected chi connectivity index (χ1v) is 42.5. The maximum absolute atomic E-state index is 13.1. The van der Waals surface area contributed by atoms with Crippen LogP contribution in [-0.4, -0.2) is 96.7 Å². The number of hydrogen-bond acceptors (Lipinski definition) is 15. The molecule has 0 saturated carbocycles. The van der Waals surface area contributed by atoms with Crippen LogP contribution in [0.3, 0.4) is 0 Å². The maximum atomic E-state index is 13.1. The summed E-state index contributed by atoms with van der Waals surface area (Å²) in [4.78, 5) is 72.7. The SMILES string of the molecule is CCCCCCCCCCCCCCCCCCCCCCCCC(=O)O[C@H](COC(=O)CCCCCCCCCCCC(C)C)COP(=O)(O)OC[C@@H](O)COP(=O)(O)OC[C@@H](COC(=O)CCCCCCCCCC(C)C)OC(=O)CCCCCCCCCCCCC. The Morgan fingerprint density at radius 3 is 0.716 bits per heavy atom. The van der Waals surface area contributed by atoms with Crippen molar-refractivity contribution in [2.75, 3.05) is 39.6 Å². The predicted molar refractivity (Wildman–Crippen MR) is 386 cm³/mol. The van der Waals surface area contributed by atoms with Gasteiger partial charge < -0.3 is 33.8 Å². The molecular weight excluding hydrogens is 1250 g/mol. The van der Waals surface area contributed by atoms with Crippen molar-refractivity contribution >= 4 is 39.5 Å². The van der Waals surface area contributed by atoms with Gasteiger partial charge in [0, 0.05) is 25.7 Å². The van der Waals surface area contributed by atoms with Crippen LogP contribution in [0.4, 0.5) is 0 Å². The van der Waals surface area contributed by atoms with Crippen LogP contribution in [0.25, 0.3) is 0 Å². The number of aliphatic hydroxyl groups excluding tert-OH is 1. The van der Waals surface area contributed by atoms with E-state index in [0.717, 1.165) is 102 Å². The van der Waals surface area contributed by atoms with Gasteiger partial charge in [-0.15, -0.1) is 0 Å². The van der Waals surface area contributed by atoms with Crippen LogP contribution in [0.15, 0.2) is 0 Å². The Balaban J connectivity index is 5.17. The summed E-state index contributed by atoms with van der Waals surface area (Å²) in [5.41, 5.74) is 0. The second kappa shape index (κ2) is 67.9. The third kappa shape index (κ3) is 70.3. The number of carbonyl (C=O) groups is 4. The molecule has 5 atom stereocenters.